The molecule has 1 atom stereocenters. The average molecular weight is 707 g/mol. The maximum absolute atomic E-state index is 13.9. The molecule has 48 heavy (non-hydrogen) atoms. The molecule has 12 heteroatoms. The SMILES string of the molecule is O=C(NCc1ccccc1Cl)[C@@H](c1ccccc1)N(Cc1ccc(Cl)cc1)C(=O)COc1ccc(S(=O)(=O)Nc2ccc(F)cc2)cc1. The Labute approximate surface area is 288 Å². The first-order valence-electron chi connectivity index (χ1n) is 14.7. The molecule has 5 aromatic carbocycles. The fourth-order valence-electron chi connectivity index (χ4n) is 4.81. The van der Waals surface area contributed by atoms with E-state index in [0.29, 0.717) is 15.6 Å². The number of amides is 2. The van der Waals surface area contributed by atoms with Crippen molar-refractivity contribution in [2.45, 2.75) is 24.0 Å². The minimum Gasteiger partial charge on any atom is -0.484 e. The van der Waals surface area contributed by atoms with Gasteiger partial charge in [-0.1, -0.05) is 83.9 Å². The van der Waals surface area contributed by atoms with E-state index in [1.807, 2.05) is 12.1 Å². The molecule has 0 aliphatic rings. The van der Waals surface area contributed by atoms with Crippen LogP contribution in [0.5, 0.6) is 5.75 Å². The monoisotopic (exact) mass is 705 g/mol. The summed E-state index contributed by atoms with van der Waals surface area (Å²) in [4.78, 5) is 29.2. The van der Waals surface area contributed by atoms with E-state index < -0.39 is 40.3 Å². The van der Waals surface area contributed by atoms with Crippen LogP contribution in [0.15, 0.2) is 132 Å². The van der Waals surface area contributed by atoms with Gasteiger partial charge >= 0.3 is 0 Å². The standard InChI is InChI=1S/C36H30Cl2FN3O5S/c37-28-12-10-25(11-13-28)23-42(35(26-6-2-1-3-7-26)36(44)40-22-27-8-4-5-9-33(27)38)34(43)24-47-31-18-20-32(21-19-31)48(45,46)41-30-16-14-29(39)15-17-30/h1-21,35,41H,22-24H2,(H,40,44)/t35-/m1/s1. The molecule has 0 fully saturated rings. The predicted octanol–water partition coefficient (Wildman–Crippen LogP) is 7.40. The van der Waals surface area contributed by atoms with Crippen molar-refractivity contribution >= 4 is 50.7 Å². The van der Waals surface area contributed by atoms with Gasteiger partial charge < -0.3 is 15.0 Å². The Kier molecular flexibility index (Phi) is 11.3. The summed E-state index contributed by atoms with van der Waals surface area (Å²) in [5.74, 6) is -1.18. The zero-order valence-electron chi connectivity index (χ0n) is 25.4. The summed E-state index contributed by atoms with van der Waals surface area (Å²) in [6.45, 7) is -0.244. The average Bonchev–Trinajstić information content (AvgIpc) is 3.09. The van der Waals surface area contributed by atoms with Crippen molar-refractivity contribution < 1.29 is 27.1 Å². The lowest BCUT2D eigenvalue weighted by molar-refractivity contribution is -0.143. The van der Waals surface area contributed by atoms with Gasteiger partial charge in [0, 0.05) is 28.8 Å². The molecular formula is C36H30Cl2FN3O5S. The van der Waals surface area contributed by atoms with Gasteiger partial charge in [0.15, 0.2) is 6.61 Å². The highest BCUT2D eigenvalue weighted by atomic mass is 35.5. The van der Waals surface area contributed by atoms with Crippen molar-refractivity contribution in [3.8, 4) is 5.75 Å². The molecule has 0 saturated heterocycles. The van der Waals surface area contributed by atoms with Crippen molar-refractivity contribution in [1.29, 1.82) is 0 Å². The van der Waals surface area contributed by atoms with Gasteiger partial charge in [0.1, 0.15) is 17.6 Å². The Morgan fingerprint density at radius 3 is 2.10 bits per heavy atom. The number of nitrogens with one attached hydrogen (secondary N) is 2. The lowest BCUT2D eigenvalue weighted by Gasteiger charge is -2.31. The van der Waals surface area contributed by atoms with E-state index in [2.05, 4.69) is 10.0 Å². The largest absolute Gasteiger partial charge is 0.484 e. The first-order chi connectivity index (χ1) is 23.1. The second kappa shape index (κ2) is 15.8. The lowest BCUT2D eigenvalue weighted by atomic mass is 10.0. The van der Waals surface area contributed by atoms with Gasteiger partial charge in [-0.2, -0.15) is 0 Å². The fourth-order valence-corrected chi connectivity index (χ4v) is 6.20. The lowest BCUT2D eigenvalue weighted by Crippen LogP contribution is -2.45. The van der Waals surface area contributed by atoms with E-state index >= 15 is 0 Å². The number of carbonyl (C=O) groups excluding carboxylic acids is 2. The second-order valence-electron chi connectivity index (χ2n) is 10.6. The summed E-state index contributed by atoms with van der Waals surface area (Å²) in [7, 11) is -3.97. The highest BCUT2D eigenvalue weighted by molar-refractivity contribution is 7.92. The number of benzene rings is 5. The van der Waals surface area contributed by atoms with E-state index in [1.54, 1.807) is 66.7 Å². The van der Waals surface area contributed by atoms with Crippen LogP contribution in [0.25, 0.3) is 0 Å². The maximum atomic E-state index is 13.9. The van der Waals surface area contributed by atoms with Crippen LogP contribution in [0, 0.1) is 5.82 Å². The van der Waals surface area contributed by atoms with Crippen LogP contribution in [0.4, 0.5) is 10.1 Å². The normalized spacial score (nSPS) is 11.7. The summed E-state index contributed by atoms with van der Waals surface area (Å²) in [6, 6.07) is 32.4. The number of hydrogen-bond acceptors (Lipinski definition) is 5. The fraction of sp³-hybridized carbons (Fsp3) is 0.111. The summed E-state index contributed by atoms with van der Waals surface area (Å²) in [5, 5.41) is 3.95. The Balaban J connectivity index is 1.36. The van der Waals surface area contributed by atoms with Crippen molar-refractivity contribution in [3.05, 3.63) is 160 Å². The minimum atomic E-state index is -3.97. The predicted molar refractivity (Wildman–Crippen MR) is 184 cm³/mol. The first kappa shape index (κ1) is 34.4. The number of nitrogens with zero attached hydrogens (tertiary/aromatic N) is 1. The van der Waals surface area contributed by atoms with E-state index in [0.717, 1.165) is 23.3 Å². The van der Waals surface area contributed by atoms with Gasteiger partial charge in [-0.25, -0.2) is 12.8 Å². The second-order valence-corrected chi connectivity index (χ2v) is 13.2. The molecule has 0 spiro atoms. The molecule has 246 valence electrons. The molecule has 2 amide bonds. The van der Waals surface area contributed by atoms with Gasteiger partial charge in [0.05, 0.1) is 4.90 Å². The van der Waals surface area contributed by atoms with Gasteiger partial charge in [-0.3, -0.25) is 14.3 Å². The Bertz CT molecular complexity index is 1960. The number of anilines is 1. The molecule has 0 aliphatic heterocycles. The number of halogens is 3. The number of ether oxygens (including phenoxy) is 1. The van der Waals surface area contributed by atoms with Crippen LogP contribution in [0.3, 0.4) is 0 Å². The number of sulfonamides is 1. The minimum absolute atomic E-state index is 0.0602. The Morgan fingerprint density at radius 2 is 1.44 bits per heavy atom. The molecule has 5 rings (SSSR count). The van der Waals surface area contributed by atoms with Crippen LogP contribution in [-0.4, -0.2) is 31.7 Å². The highest BCUT2D eigenvalue weighted by Crippen LogP contribution is 2.26. The number of rotatable bonds is 13. The molecule has 5 aromatic rings. The topological polar surface area (TPSA) is 105 Å². The molecule has 0 saturated carbocycles. The molecule has 0 aliphatic carbocycles. The number of hydrogen-bond donors (Lipinski definition) is 2. The van der Waals surface area contributed by atoms with Crippen molar-refractivity contribution in [3.63, 3.8) is 0 Å². The quantitative estimate of drug-likeness (QED) is 0.133. The van der Waals surface area contributed by atoms with Crippen LogP contribution < -0.4 is 14.8 Å². The highest BCUT2D eigenvalue weighted by Gasteiger charge is 2.32. The molecule has 0 radical (unpaired) electrons. The molecule has 0 aromatic heterocycles. The molecule has 0 heterocycles. The van der Waals surface area contributed by atoms with Crippen LogP contribution in [-0.2, 0) is 32.7 Å². The van der Waals surface area contributed by atoms with E-state index in [9.17, 15) is 22.4 Å². The van der Waals surface area contributed by atoms with Crippen LogP contribution in [0.1, 0.15) is 22.7 Å². The van der Waals surface area contributed by atoms with Gasteiger partial charge in [0.2, 0.25) is 5.91 Å². The molecule has 0 bridgehead atoms. The molecule has 8 nitrogen and oxygen atoms in total. The van der Waals surface area contributed by atoms with E-state index in [-0.39, 0.29) is 29.4 Å². The third kappa shape index (κ3) is 9.13. The maximum Gasteiger partial charge on any atom is 0.261 e. The van der Waals surface area contributed by atoms with Gasteiger partial charge in [0.25, 0.3) is 15.9 Å². The van der Waals surface area contributed by atoms with E-state index in [1.165, 1.54) is 41.3 Å². The number of carbonyl (C=O) groups is 2. The first-order valence-corrected chi connectivity index (χ1v) is 16.9. The summed E-state index contributed by atoms with van der Waals surface area (Å²) >= 11 is 12.4. The van der Waals surface area contributed by atoms with Crippen molar-refractivity contribution in [1.82, 2.24) is 10.2 Å². The van der Waals surface area contributed by atoms with Crippen LogP contribution >= 0.6 is 23.2 Å². The third-order valence-electron chi connectivity index (χ3n) is 7.27. The zero-order valence-corrected chi connectivity index (χ0v) is 27.7. The van der Waals surface area contributed by atoms with Crippen molar-refractivity contribution in [2.75, 3.05) is 11.3 Å². The molecular weight excluding hydrogens is 676 g/mol. The molecule has 2 N–H and O–H groups in total. The van der Waals surface area contributed by atoms with Crippen molar-refractivity contribution in [2.24, 2.45) is 0 Å². The Hall–Kier alpha value is -4.90. The van der Waals surface area contributed by atoms with Gasteiger partial charge in [-0.15, -0.1) is 0 Å². The third-order valence-corrected chi connectivity index (χ3v) is 9.28. The van der Waals surface area contributed by atoms with E-state index in [4.69, 9.17) is 27.9 Å². The zero-order chi connectivity index (χ0) is 34.1. The Morgan fingerprint density at radius 1 is 0.792 bits per heavy atom. The smallest absolute Gasteiger partial charge is 0.261 e. The summed E-state index contributed by atoms with van der Waals surface area (Å²) in [6.07, 6.45) is 0. The van der Waals surface area contributed by atoms with Gasteiger partial charge in [-0.05, 0) is 83.4 Å². The summed E-state index contributed by atoms with van der Waals surface area (Å²) in [5.41, 5.74) is 2.24. The van der Waals surface area contributed by atoms with Crippen LogP contribution in [0.2, 0.25) is 10.0 Å². The molecule has 0 unspecified atom stereocenters. The summed E-state index contributed by atoms with van der Waals surface area (Å²) < 4.78 is 47.1.